The van der Waals surface area contributed by atoms with E-state index >= 15 is 0 Å². The van der Waals surface area contributed by atoms with Crippen LogP contribution in [0.25, 0.3) is 44.4 Å². The molecule has 1 aliphatic rings. The van der Waals surface area contributed by atoms with E-state index in [9.17, 15) is 0 Å². The number of hydrogen-bond donors (Lipinski definition) is 0. The first-order valence-electron chi connectivity index (χ1n) is 12.5. The normalized spacial score (nSPS) is 12.5. The summed E-state index contributed by atoms with van der Waals surface area (Å²) in [5.41, 5.74) is 9.43. The van der Waals surface area contributed by atoms with Gasteiger partial charge in [0.15, 0.2) is 0 Å². The van der Waals surface area contributed by atoms with Crippen LogP contribution in [0.15, 0.2) is 122 Å². The molecule has 4 aromatic carbocycles. The van der Waals surface area contributed by atoms with E-state index < -0.39 is 0 Å². The smallest absolute Gasteiger partial charge is 0.0239 e. The number of nitrogens with zero attached hydrogens (tertiary/aromatic N) is 2. The van der Waals surface area contributed by atoms with Crippen LogP contribution in [0.5, 0.6) is 0 Å². The Balaban J connectivity index is 0.000000191. The Morgan fingerprint density at radius 3 is 2.16 bits per heavy atom. The van der Waals surface area contributed by atoms with Crippen LogP contribution in [0.2, 0.25) is 0 Å². The van der Waals surface area contributed by atoms with Crippen molar-refractivity contribution >= 4 is 10.8 Å². The monoisotopic (exact) mass is 667 g/mol. The average molecular weight is 667 g/mol. The minimum absolute atomic E-state index is 0. The molecule has 1 radical (unpaired) electrons. The number of hydrogen-bond acceptors (Lipinski definition) is 2. The summed E-state index contributed by atoms with van der Waals surface area (Å²) in [6.45, 7) is 4.60. The van der Waals surface area contributed by atoms with Gasteiger partial charge in [-0.3, -0.25) is 0 Å². The molecule has 0 bridgehead atoms. The third-order valence-electron chi connectivity index (χ3n) is 7.07. The Hall–Kier alpha value is -3.91. The van der Waals surface area contributed by atoms with E-state index in [0.29, 0.717) is 0 Å². The Morgan fingerprint density at radius 1 is 0.605 bits per heavy atom. The number of benzene rings is 4. The Labute approximate surface area is 237 Å². The van der Waals surface area contributed by atoms with Gasteiger partial charge in [-0.05, 0) is 39.2 Å². The molecular weight excluding hydrogens is 641 g/mol. The summed E-state index contributed by atoms with van der Waals surface area (Å²) >= 11 is 0. The van der Waals surface area contributed by atoms with Gasteiger partial charge < -0.3 is 9.97 Å². The van der Waals surface area contributed by atoms with Crippen LogP contribution in [-0.2, 0) is 25.5 Å². The molecule has 0 spiro atoms. The summed E-state index contributed by atoms with van der Waals surface area (Å²) in [6, 6.07) is 43.9. The maximum Gasteiger partial charge on any atom is 0.0239 e. The first kappa shape index (κ1) is 25.7. The molecule has 38 heavy (non-hydrogen) atoms. The summed E-state index contributed by atoms with van der Waals surface area (Å²) in [5, 5.41) is 2.38. The van der Waals surface area contributed by atoms with Gasteiger partial charge in [-0.15, -0.1) is 65.2 Å². The topological polar surface area (TPSA) is 25.8 Å². The van der Waals surface area contributed by atoms with Gasteiger partial charge >= 0.3 is 0 Å². The van der Waals surface area contributed by atoms with Crippen molar-refractivity contribution in [2.45, 2.75) is 19.3 Å². The second-order valence-electron chi connectivity index (χ2n) is 9.75. The number of aromatic nitrogens is 2. The summed E-state index contributed by atoms with van der Waals surface area (Å²) < 4.78 is 0. The first-order chi connectivity index (χ1) is 18.1. The van der Waals surface area contributed by atoms with Gasteiger partial charge in [0.05, 0.1) is 0 Å². The quantitative estimate of drug-likeness (QED) is 0.173. The summed E-state index contributed by atoms with van der Waals surface area (Å²) in [4.78, 5) is 8.89. The van der Waals surface area contributed by atoms with Crippen molar-refractivity contribution in [2.24, 2.45) is 0 Å². The van der Waals surface area contributed by atoms with Crippen LogP contribution in [0.4, 0.5) is 0 Å². The Morgan fingerprint density at radius 2 is 1.37 bits per heavy atom. The Kier molecular flexibility index (Phi) is 7.33. The van der Waals surface area contributed by atoms with Crippen LogP contribution in [-0.4, -0.2) is 9.97 Å². The molecule has 6 aromatic rings. The van der Waals surface area contributed by atoms with E-state index in [-0.39, 0.29) is 25.5 Å². The van der Waals surface area contributed by atoms with Crippen LogP contribution >= 0.6 is 0 Å². The molecule has 3 heteroatoms. The van der Waals surface area contributed by atoms with Crippen molar-refractivity contribution in [1.82, 2.24) is 9.97 Å². The number of rotatable bonds is 2. The third-order valence-corrected chi connectivity index (χ3v) is 7.07. The molecule has 0 saturated carbocycles. The fourth-order valence-corrected chi connectivity index (χ4v) is 5.09. The molecule has 0 amide bonds. The van der Waals surface area contributed by atoms with Gasteiger partial charge in [-0.25, -0.2) is 0 Å². The number of pyridine rings is 2. The molecule has 0 atom stereocenters. The fourth-order valence-electron chi connectivity index (χ4n) is 5.09. The molecule has 187 valence electrons. The van der Waals surface area contributed by atoms with Crippen molar-refractivity contribution in [2.75, 3.05) is 0 Å². The first-order valence-corrected chi connectivity index (χ1v) is 12.5. The molecule has 7 rings (SSSR count). The van der Waals surface area contributed by atoms with Crippen LogP contribution in [0.1, 0.15) is 25.0 Å². The molecular formula is C35H26IrN2-2. The predicted molar refractivity (Wildman–Crippen MR) is 152 cm³/mol. The van der Waals surface area contributed by atoms with E-state index in [1.54, 1.807) is 6.20 Å². The molecule has 0 N–H and O–H groups in total. The second kappa shape index (κ2) is 10.8. The van der Waals surface area contributed by atoms with E-state index in [2.05, 4.69) is 96.6 Å². The molecule has 0 unspecified atom stereocenters. The number of fused-ring (bicyclic) bond motifs is 4. The van der Waals surface area contributed by atoms with Crippen molar-refractivity contribution < 1.29 is 20.1 Å². The molecule has 0 saturated heterocycles. The van der Waals surface area contributed by atoms with E-state index in [4.69, 9.17) is 0 Å². The molecule has 2 aromatic heterocycles. The Bertz CT molecular complexity index is 1650. The van der Waals surface area contributed by atoms with Gasteiger partial charge in [0, 0.05) is 32.5 Å². The SMILES string of the molecule is CC1(C)c2ccccc2-c2c[c-]c(-c3cc4ccccc4cn3)cc21.[Ir].[c-]1ccccc1-c1ccccn1. The van der Waals surface area contributed by atoms with Crippen molar-refractivity contribution in [1.29, 1.82) is 0 Å². The second-order valence-corrected chi connectivity index (χ2v) is 9.75. The zero-order chi connectivity index (χ0) is 25.2. The fraction of sp³-hybridized carbons (Fsp3) is 0.0857. The molecule has 2 nitrogen and oxygen atoms in total. The maximum atomic E-state index is 4.67. The molecule has 0 fully saturated rings. The van der Waals surface area contributed by atoms with Crippen molar-refractivity contribution in [3.8, 4) is 33.6 Å². The predicted octanol–water partition coefficient (Wildman–Crippen LogP) is 8.55. The summed E-state index contributed by atoms with van der Waals surface area (Å²) in [5.74, 6) is 0. The van der Waals surface area contributed by atoms with Gasteiger partial charge in [0.2, 0.25) is 0 Å². The van der Waals surface area contributed by atoms with Crippen LogP contribution in [0.3, 0.4) is 0 Å². The maximum absolute atomic E-state index is 4.67. The molecule has 2 heterocycles. The summed E-state index contributed by atoms with van der Waals surface area (Å²) in [7, 11) is 0. The van der Waals surface area contributed by atoms with Gasteiger partial charge in [0.1, 0.15) is 0 Å². The average Bonchev–Trinajstić information content (AvgIpc) is 3.20. The minimum Gasteiger partial charge on any atom is -0.305 e. The van der Waals surface area contributed by atoms with Gasteiger partial charge in [0.25, 0.3) is 0 Å². The van der Waals surface area contributed by atoms with Crippen LogP contribution in [0, 0.1) is 12.1 Å². The third kappa shape index (κ3) is 4.84. The zero-order valence-corrected chi connectivity index (χ0v) is 23.7. The summed E-state index contributed by atoms with van der Waals surface area (Å²) in [6.07, 6.45) is 3.74. The van der Waals surface area contributed by atoms with Crippen molar-refractivity contribution in [3.05, 3.63) is 145 Å². The van der Waals surface area contributed by atoms with Crippen LogP contribution < -0.4 is 0 Å². The molecule has 1 aliphatic carbocycles. The molecule has 0 aliphatic heterocycles. The zero-order valence-electron chi connectivity index (χ0n) is 21.3. The van der Waals surface area contributed by atoms with Gasteiger partial charge in [-0.1, -0.05) is 91.7 Å². The van der Waals surface area contributed by atoms with E-state index in [1.165, 1.54) is 33.0 Å². The van der Waals surface area contributed by atoms with E-state index in [0.717, 1.165) is 22.5 Å². The van der Waals surface area contributed by atoms with E-state index in [1.807, 2.05) is 54.7 Å². The van der Waals surface area contributed by atoms with Gasteiger partial charge in [-0.2, -0.15) is 0 Å². The largest absolute Gasteiger partial charge is 0.305 e. The van der Waals surface area contributed by atoms with Crippen molar-refractivity contribution in [3.63, 3.8) is 0 Å². The standard InChI is InChI=1S/C24H18N.C11H8N.Ir/c1-24(2)21-10-6-5-9-19(21)20-12-11-17(13-22(20)24)23-14-16-7-3-4-8-18(16)15-25-23;1-2-6-10(7-3-1)11-8-4-5-9-12-11;/h3-10,12-15H,1-2H3;1-6,8-9H;/q2*-1;. The minimum atomic E-state index is 0.